The summed E-state index contributed by atoms with van der Waals surface area (Å²) < 4.78 is 18.5. The number of amides is 1. The van der Waals surface area contributed by atoms with E-state index in [9.17, 15) is 9.18 Å². The zero-order valence-electron chi connectivity index (χ0n) is 14.3. The van der Waals surface area contributed by atoms with Crippen molar-refractivity contribution >= 4 is 5.91 Å². The Hall–Kier alpha value is -3.02. The molecule has 2 atom stereocenters. The van der Waals surface area contributed by atoms with Crippen LogP contribution in [-0.2, 0) is 4.79 Å². The van der Waals surface area contributed by atoms with Gasteiger partial charge in [-0.05, 0) is 24.6 Å². The number of benzene rings is 2. The Kier molecular flexibility index (Phi) is 4.24. The maximum absolute atomic E-state index is 13.1. The molecular formula is C20H18FN3O2. The van der Waals surface area contributed by atoms with Gasteiger partial charge in [0.25, 0.3) is 0 Å². The molecule has 1 aromatic heterocycles. The topological polar surface area (TPSA) is 59.2 Å². The van der Waals surface area contributed by atoms with Crippen LogP contribution < -0.4 is 0 Å². The fourth-order valence-electron chi connectivity index (χ4n) is 3.30. The second-order valence-electron chi connectivity index (χ2n) is 6.50. The molecule has 5 nitrogen and oxygen atoms in total. The highest BCUT2D eigenvalue weighted by Gasteiger charge is 2.37. The second kappa shape index (κ2) is 6.71. The molecular weight excluding hydrogens is 333 g/mol. The summed E-state index contributed by atoms with van der Waals surface area (Å²) in [4.78, 5) is 18.7. The van der Waals surface area contributed by atoms with E-state index < -0.39 is 0 Å². The van der Waals surface area contributed by atoms with Crippen LogP contribution in [0.3, 0.4) is 0 Å². The summed E-state index contributed by atoms with van der Waals surface area (Å²) in [6.45, 7) is 2.45. The van der Waals surface area contributed by atoms with Crippen LogP contribution in [0.5, 0.6) is 0 Å². The molecule has 4 rings (SSSR count). The van der Waals surface area contributed by atoms with Crippen LogP contribution in [0.15, 0.2) is 59.1 Å². The van der Waals surface area contributed by atoms with E-state index in [-0.39, 0.29) is 23.7 Å². The van der Waals surface area contributed by atoms with Crippen LogP contribution in [0.25, 0.3) is 11.4 Å². The molecule has 6 heteroatoms. The van der Waals surface area contributed by atoms with E-state index in [2.05, 4.69) is 10.1 Å². The van der Waals surface area contributed by atoms with E-state index in [1.807, 2.05) is 37.3 Å². The maximum atomic E-state index is 13.1. The van der Waals surface area contributed by atoms with Gasteiger partial charge in [-0.1, -0.05) is 47.6 Å². The molecule has 0 N–H and O–H groups in total. The van der Waals surface area contributed by atoms with Crippen LogP contribution >= 0.6 is 0 Å². The van der Waals surface area contributed by atoms with Gasteiger partial charge in [0.15, 0.2) is 0 Å². The van der Waals surface area contributed by atoms with Crippen LogP contribution in [0.1, 0.15) is 36.8 Å². The number of carbonyl (C=O) groups is 1. The number of rotatable bonds is 4. The number of halogens is 1. The summed E-state index contributed by atoms with van der Waals surface area (Å²) in [5, 5.41) is 4.04. The number of hydrogen-bond donors (Lipinski definition) is 0. The molecule has 0 saturated carbocycles. The zero-order valence-corrected chi connectivity index (χ0v) is 14.3. The smallest absolute Gasteiger partial charge is 0.232 e. The predicted molar refractivity (Wildman–Crippen MR) is 93.6 cm³/mol. The van der Waals surface area contributed by atoms with Gasteiger partial charge in [-0.25, -0.2) is 4.39 Å². The second-order valence-corrected chi connectivity index (χ2v) is 6.50. The fraction of sp³-hybridized carbons (Fsp3) is 0.250. The summed E-state index contributed by atoms with van der Waals surface area (Å²) >= 11 is 0. The first-order valence-electron chi connectivity index (χ1n) is 8.56. The summed E-state index contributed by atoms with van der Waals surface area (Å²) in [7, 11) is 0. The van der Waals surface area contributed by atoms with Gasteiger partial charge in [0.2, 0.25) is 17.6 Å². The molecule has 1 aliphatic heterocycles. The standard InChI is InChI=1S/C20H18FN3O2/c1-13(14-7-9-17(21)10-8-14)24-12-16(11-18(24)25)20-22-19(23-26-20)15-5-3-2-4-6-15/h2-10,13,16H,11-12H2,1H3. The van der Waals surface area contributed by atoms with Crippen molar-refractivity contribution in [1.29, 1.82) is 0 Å². The van der Waals surface area contributed by atoms with Gasteiger partial charge in [0.05, 0.1) is 12.0 Å². The summed E-state index contributed by atoms with van der Waals surface area (Å²) in [5.41, 5.74) is 1.78. The van der Waals surface area contributed by atoms with Crippen LogP contribution in [0, 0.1) is 5.82 Å². The van der Waals surface area contributed by atoms with Crippen molar-refractivity contribution in [3.05, 3.63) is 71.9 Å². The molecule has 26 heavy (non-hydrogen) atoms. The molecule has 0 spiro atoms. The van der Waals surface area contributed by atoms with E-state index in [1.165, 1.54) is 12.1 Å². The summed E-state index contributed by atoms with van der Waals surface area (Å²) in [6.07, 6.45) is 0.335. The van der Waals surface area contributed by atoms with Crippen molar-refractivity contribution in [2.75, 3.05) is 6.54 Å². The Morgan fingerprint density at radius 2 is 1.88 bits per heavy atom. The minimum atomic E-state index is -0.286. The number of likely N-dealkylation sites (tertiary alicyclic amines) is 1. The first kappa shape index (κ1) is 16.4. The molecule has 2 aromatic carbocycles. The highest BCUT2D eigenvalue weighted by molar-refractivity contribution is 5.80. The lowest BCUT2D eigenvalue weighted by Gasteiger charge is -2.25. The Labute approximate surface area is 150 Å². The van der Waals surface area contributed by atoms with E-state index in [1.54, 1.807) is 17.0 Å². The molecule has 1 aliphatic rings. The van der Waals surface area contributed by atoms with Crippen LogP contribution in [0.2, 0.25) is 0 Å². The van der Waals surface area contributed by atoms with Crippen molar-refractivity contribution in [2.45, 2.75) is 25.3 Å². The monoisotopic (exact) mass is 351 g/mol. The number of nitrogens with zero attached hydrogens (tertiary/aromatic N) is 3. The quantitative estimate of drug-likeness (QED) is 0.714. The summed E-state index contributed by atoms with van der Waals surface area (Å²) in [6, 6.07) is 15.7. The molecule has 1 fully saturated rings. The Balaban J connectivity index is 1.51. The number of carbonyl (C=O) groups excluding carboxylic acids is 1. The molecule has 132 valence electrons. The number of aromatic nitrogens is 2. The third-order valence-corrected chi connectivity index (χ3v) is 4.80. The Morgan fingerprint density at radius 1 is 1.15 bits per heavy atom. The first-order valence-corrected chi connectivity index (χ1v) is 8.56. The lowest BCUT2D eigenvalue weighted by atomic mass is 10.1. The SMILES string of the molecule is CC(c1ccc(F)cc1)N1CC(c2nc(-c3ccccc3)no2)CC1=O. The maximum Gasteiger partial charge on any atom is 0.232 e. The minimum Gasteiger partial charge on any atom is -0.339 e. The predicted octanol–water partition coefficient (Wildman–Crippen LogP) is 3.95. The molecule has 0 aliphatic carbocycles. The van der Waals surface area contributed by atoms with Gasteiger partial charge in [-0.3, -0.25) is 4.79 Å². The third kappa shape index (κ3) is 3.10. The van der Waals surface area contributed by atoms with Gasteiger partial charge in [-0.2, -0.15) is 4.98 Å². The highest BCUT2D eigenvalue weighted by atomic mass is 19.1. The molecule has 0 bridgehead atoms. The summed E-state index contributed by atoms with van der Waals surface area (Å²) in [5.74, 6) is 0.622. The van der Waals surface area contributed by atoms with Gasteiger partial charge < -0.3 is 9.42 Å². The molecule has 0 radical (unpaired) electrons. The normalized spacial score (nSPS) is 18.3. The van der Waals surface area contributed by atoms with Crippen molar-refractivity contribution in [2.24, 2.45) is 0 Å². The van der Waals surface area contributed by atoms with Crippen molar-refractivity contribution in [3.63, 3.8) is 0 Å². The van der Waals surface area contributed by atoms with Crippen molar-refractivity contribution in [3.8, 4) is 11.4 Å². The zero-order chi connectivity index (χ0) is 18.1. The van der Waals surface area contributed by atoms with Crippen molar-refractivity contribution < 1.29 is 13.7 Å². The lowest BCUT2D eigenvalue weighted by molar-refractivity contribution is -0.129. The third-order valence-electron chi connectivity index (χ3n) is 4.80. The minimum absolute atomic E-state index is 0.0336. The molecule has 2 unspecified atom stereocenters. The van der Waals surface area contributed by atoms with E-state index in [0.29, 0.717) is 24.7 Å². The van der Waals surface area contributed by atoms with Gasteiger partial charge in [-0.15, -0.1) is 0 Å². The van der Waals surface area contributed by atoms with Crippen LogP contribution in [-0.4, -0.2) is 27.5 Å². The van der Waals surface area contributed by atoms with Crippen molar-refractivity contribution in [1.82, 2.24) is 15.0 Å². The first-order chi connectivity index (χ1) is 12.6. The van der Waals surface area contributed by atoms with Gasteiger partial charge >= 0.3 is 0 Å². The molecule has 3 aromatic rings. The van der Waals surface area contributed by atoms with E-state index in [4.69, 9.17) is 4.52 Å². The molecule has 1 saturated heterocycles. The average Bonchev–Trinajstić information content (AvgIpc) is 3.29. The lowest BCUT2D eigenvalue weighted by Crippen LogP contribution is -2.28. The van der Waals surface area contributed by atoms with Crippen LogP contribution in [0.4, 0.5) is 4.39 Å². The van der Waals surface area contributed by atoms with Gasteiger partial charge in [0.1, 0.15) is 5.82 Å². The average molecular weight is 351 g/mol. The van der Waals surface area contributed by atoms with Gasteiger partial charge in [0, 0.05) is 18.5 Å². The van der Waals surface area contributed by atoms with E-state index in [0.717, 1.165) is 11.1 Å². The van der Waals surface area contributed by atoms with E-state index >= 15 is 0 Å². The highest BCUT2D eigenvalue weighted by Crippen LogP contribution is 2.34. The Bertz CT molecular complexity index is 908. The Morgan fingerprint density at radius 3 is 2.62 bits per heavy atom. The molecule has 2 heterocycles. The molecule has 1 amide bonds. The fourth-order valence-corrected chi connectivity index (χ4v) is 3.30. The number of hydrogen-bond acceptors (Lipinski definition) is 4. The largest absolute Gasteiger partial charge is 0.339 e.